The molecule has 29 heavy (non-hydrogen) atoms. The summed E-state index contributed by atoms with van der Waals surface area (Å²) in [6.07, 6.45) is 3.60. The van der Waals surface area contributed by atoms with Crippen LogP contribution in [0.25, 0.3) is 0 Å². The van der Waals surface area contributed by atoms with Gasteiger partial charge in [0.1, 0.15) is 5.78 Å². The molecule has 7 heteroatoms. The molecule has 0 saturated carbocycles. The van der Waals surface area contributed by atoms with Crippen LogP contribution >= 0.6 is 0 Å². The number of aromatic nitrogens is 2. The van der Waals surface area contributed by atoms with Crippen LogP contribution < -0.4 is 0 Å². The molecule has 1 atom stereocenters. The first-order valence-corrected chi connectivity index (χ1v) is 12.0. The molecule has 1 unspecified atom stereocenters. The van der Waals surface area contributed by atoms with Gasteiger partial charge in [0.05, 0.1) is 24.2 Å². The van der Waals surface area contributed by atoms with Gasteiger partial charge < -0.3 is 4.57 Å². The fraction of sp³-hybridized carbons (Fsp3) is 0.545. The molecule has 1 aromatic heterocycles. The molecule has 0 aliphatic carbocycles. The molecule has 0 radical (unpaired) electrons. The molecule has 1 aromatic carbocycles. The van der Waals surface area contributed by atoms with Gasteiger partial charge in [-0.15, -0.1) is 0 Å². The number of piperidine rings is 1. The molecule has 0 N–H and O–H groups in total. The molecule has 158 valence electrons. The first-order chi connectivity index (χ1) is 13.8. The number of rotatable bonds is 8. The van der Waals surface area contributed by atoms with Gasteiger partial charge in [-0.1, -0.05) is 44.2 Å². The highest BCUT2D eigenvalue weighted by molar-refractivity contribution is 7.91. The summed E-state index contributed by atoms with van der Waals surface area (Å²) in [4.78, 5) is 18.4. The summed E-state index contributed by atoms with van der Waals surface area (Å²) in [7, 11) is -3.48. The van der Waals surface area contributed by atoms with Gasteiger partial charge in [0.2, 0.25) is 15.0 Å². The summed E-state index contributed by atoms with van der Waals surface area (Å²) in [5.74, 6) is 0.406. The maximum Gasteiger partial charge on any atom is 0.228 e. The molecular weight excluding hydrogens is 386 g/mol. The Morgan fingerprint density at radius 1 is 1.21 bits per heavy atom. The zero-order chi connectivity index (χ0) is 21.0. The minimum atomic E-state index is -3.48. The van der Waals surface area contributed by atoms with Crippen LogP contribution in [0.5, 0.6) is 0 Å². The molecular formula is C22H31N3O3S. The number of carbonyl (C=O) groups is 1. The lowest BCUT2D eigenvalue weighted by Gasteiger charge is -2.31. The second-order valence-corrected chi connectivity index (χ2v) is 10.4. The van der Waals surface area contributed by atoms with Crippen LogP contribution in [0, 0.1) is 11.8 Å². The summed E-state index contributed by atoms with van der Waals surface area (Å²) in [5, 5.41) is 0.144. The molecule has 0 amide bonds. The van der Waals surface area contributed by atoms with Crippen molar-refractivity contribution in [3.05, 3.63) is 47.8 Å². The lowest BCUT2D eigenvalue weighted by molar-refractivity contribution is -0.122. The lowest BCUT2D eigenvalue weighted by Crippen LogP contribution is -2.38. The van der Waals surface area contributed by atoms with E-state index in [1.165, 1.54) is 0 Å². The lowest BCUT2D eigenvalue weighted by atomic mass is 9.94. The molecule has 0 bridgehead atoms. The van der Waals surface area contributed by atoms with Gasteiger partial charge in [-0.25, -0.2) is 13.4 Å². The second-order valence-electron chi connectivity index (χ2n) is 8.46. The maximum atomic E-state index is 13.0. The van der Waals surface area contributed by atoms with Crippen LogP contribution in [0.2, 0.25) is 0 Å². The predicted molar refractivity (Wildman–Crippen MR) is 113 cm³/mol. The standard InChI is InChI=1S/C22H31N3O3S/c1-17(2)16-29(27,28)22-23-12-21(25(22)13-19-8-5-4-6-9-19)15-24-11-7-10-20(14-24)18(3)26/h4-6,8-9,12,17,20H,7,10-11,13-16H2,1-3H3. The van der Waals surface area contributed by atoms with Gasteiger partial charge in [0.25, 0.3) is 0 Å². The van der Waals surface area contributed by atoms with E-state index >= 15 is 0 Å². The fourth-order valence-electron chi connectivity index (χ4n) is 3.97. The maximum absolute atomic E-state index is 13.0. The topological polar surface area (TPSA) is 72.3 Å². The molecule has 3 rings (SSSR count). The summed E-state index contributed by atoms with van der Waals surface area (Å²) < 4.78 is 27.8. The molecule has 6 nitrogen and oxygen atoms in total. The molecule has 1 aliphatic heterocycles. The number of likely N-dealkylation sites (tertiary alicyclic amines) is 1. The Bertz CT molecular complexity index is 935. The zero-order valence-corrected chi connectivity index (χ0v) is 18.4. The Morgan fingerprint density at radius 2 is 1.93 bits per heavy atom. The van der Waals surface area contributed by atoms with Gasteiger partial charge >= 0.3 is 0 Å². The van der Waals surface area contributed by atoms with Gasteiger partial charge in [0.15, 0.2) is 0 Å². The van der Waals surface area contributed by atoms with E-state index in [1.54, 1.807) is 13.1 Å². The van der Waals surface area contributed by atoms with Gasteiger partial charge in [-0.05, 0) is 37.8 Å². The van der Waals surface area contributed by atoms with E-state index in [9.17, 15) is 13.2 Å². The average Bonchev–Trinajstić information content (AvgIpc) is 3.05. The molecule has 2 aromatic rings. The molecule has 1 fully saturated rings. The van der Waals surface area contributed by atoms with Crippen LogP contribution in [0.4, 0.5) is 0 Å². The number of ketones is 1. The summed E-state index contributed by atoms with van der Waals surface area (Å²) in [5.41, 5.74) is 1.91. The van der Waals surface area contributed by atoms with Crippen LogP contribution in [0.3, 0.4) is 0 Å². The summed E-state index contributed by atoms with van der Waals surface area (Å²) in [6, 6.07) is 9.85. The Kier molecular flexibility index (Phi) is 6.90. The summed E-state index contributed by atoms with van der Waals surface area (Å²) in [6.45, 7) is 8.16. The van der Waals surface area contributed by atoms with Crippen LogP contribution in [-0.4, -0.2) is 47.5 Å². The van der Waals surface area contributed by atoms with Crippen molar-refractivity contribution in [3.8, 4) is 0 Å². The number of hydrogen-bond donors (Lipinski definition) is 0. The number of Topliss-reactive ketones (excluding diaryl/α,β-unsaturated/α-hetero) is 1. The number of nitrogens with zero attached hydrogens (tertiary/aromatic N) is 3. The Hall–Kier alpha value is -1.99. The van der Waals surface area contributed by atoms with E-state index in [2.05, 4.69) is 9.88 Å². The second kappa shape index (κ2) is 9.22. The van der Waals surface area contributed by atoms with E-state index in [-0.39, 0.29) is 28.5 Å². The van der Waals surface area contributed by atoms with Crippen molar-refractivity contribution in [3.63, 3.8) is 0 Å². The predicted octanol–water partition coefficient (Wildman–Crippen LogP) is 3.16. The minimum absolute atomic E-state index is 0.0312. The molecule has 2 heterocycles. The van der Waals surface area contributed by atoms with Crippen molar-refractivity contribution < 1.29 is 13.2 Å². The number of hydrogen-bond acceptors (Lipinski definition) is 5. The van der Waals surface area contributed by atoms with E-state index < -0.39 is 9.84 Å². The first-order valence-electron chi connectivity index (χ1n) is 10.3. The van der Waals surface area contributed by atoms with Crippen molar-refractivity contribution in [1.29, 1.82) is 0 Å². The Balaban J connectivity index is 1.91. The first kappa shape index (κ1) is 21.7. The molecule has 1 saturated heterocycles. The van der Waals surface area contributed by atoms with Crippen LogP contribution in [0.15, 0.2) is 41.7 Å². The van der Waals surface area contributed by atoms with Crippen molar-refractivity contribution >= 4 is 15.6 Å². The number of sulfone groups is 1. The number of carbonyl (C=O) groups excluding carboxylic acids is 1. The summed E-state index contributed by atoms with van der Waals surface area (Å²) >= 11 is 0. The number of imidazole rings is 1. The van der Waals surface area contributed by atoms with Gasteiger partial charge in [-0.2, -0.15) is 0 Å². The van der Waals surface area contributed by atoms with E-state index in [0.29, 0.717) is 13.1 Å². The highest BCUT2D eigenvalue weighted by Gasteiger charge is 2.27. The number of benzene rings is 1. The highest BCUT2D eigenvalue weighted by atomic mass is 32.2. The largest absolute Gasteiger partial charge is 0.313 e. The van der Waals surface area contributed by atoms with E-state index in [4.69, 9.17) is 0 Å². The third-order valence-corrected chi connectivity index (χ3v) is 7.37. The normalized spacial score (nSPS) is 18.3. The smallest absolute Gasteiger partial charge is 0.228 e. The SMILES string of the molecule is CC(=O)C1CCCN(Cc2cnc(S(=O)(=O)CC(C)C)n2Cc2ccccc2)C1. The van der Waals surface area contributed by atoms with Crippen LogP contribution in [-0.2, 0) is 27.7 Å². The third kappa shape index (κ3) is 5.54. The van der Waals surface area contributed by atoms with Gasteiger partial charge in [0, 0.05) is 19.0 Å². The third-order valence-electron chi connectivity index (χ3n) is 5.38. The average molecular weight is 418 g/mol. The van der Waals surface area contributed by atoms with Crippen molar-refractivity contribution in [1.82, 2.24) is 14.5 Å². The van der Waals surface area contributed by atoms with Crippen LogP contribution in [0.1, 0.15) is 44.9 Å². The molecule has 1 aliphatic rings. The van der Waals surface area contributed by atoms with Gasteiger partial charge in [-0.3, -0.25) is 9.69 Å². The van der Waals surface area contributed by atoms with Crippen molar-refractivity contribution in [2.24, 2.45) is 11.8 Å². The zero-order valence-electron chi connectivity index (χ0n) is 17.5. The monoisotopic (exact) mass is 417 g/mol. The minimum Gasteiger partial charge on any atom is -0.313 e. The Morgan fingerprint density at radius 3 is 2.59 bits per heavy atom. The van der Waals surface area contributed by atoms with Crippen molar-refractivity contribution in [2.75, 3.05) is 18.8 Å². The quantitative estimate of drug-likeness (QED) is 0.660. The highest BCUT2D eigenvalue weighted by Crippen LogP contribution is 2.22. The van der Waals surface area contributed by atoms with E-state index in [1.807, 2.05) is 48.7 Å². The fourth-order valence-corrected chi connectivity index (χ4v) is 5.73. The Labute approximate surface area is 173 Å². The molecule has 0 spiro atoms. The van der Waals surface area contributed by atoms with Crippen molar-refractivity contribution in [2.45, 2.75) is 51.9 Å². The van der Waals surface area contributed by atoms with E-state index in [0.717, 1.165) is 37.2 Å².